The van der Waals surface area contributed by atoms with E-state index in [-0.39, 0.29) is 5.91 Å². The van der Waals surface area contributed by atoms with Crippen molar-refractivity contribution in [3.05, 3.63) is 44.6 Å². The Balaban J connectivity index is 1.85. The molecule has 0 saturated carbocycles. The third-order valence-electron chi connectivity index (χ3n) is 2.30. The van der Waals surface area contributed by atoms with Crippen LogP contribution in [0.25, 0.3) is 0 Å². The zero-order valence-electron chi connectivity index (χ0n) is 9.81. The van der Waals surface area contributed by atoms with E-state index in [1.807, 2.05) is 12.3 Å². The van der Waals surface area contributed by atoms with Crippen molar-refractivity contribution in [3.8, 4) is 0 Å². The summed E-state index contributed by atoms with van der Waals surface area (Å²) < 4.78 is 0.797. The van der Waals surface area contributed by atoms with Gasteiger partial charge in [-0.15, -0.1) is 11.3 Å². The number of rotatable bonds is 4. The molecule has 0 aromatic carbocycles. The van der Waals surface area contributed by atoms with Crippen LogP contribution in [0.5, 0.6) is 0 Å². The summed E-state index contributed by atoms with van der Waals surface area (Å²) in [5.41, 5.74) is 1.57. The first-order valence-electron chi connectivity index (χ1n) is 5.45. The second kappa shape index (κ2) is 6.06. The quantitative estimate of drug-likeness (QED) is 0.940. The Hall–Kier alpha value is -1.27. The number of nitrogens with one attached hydrogen (secondary N) is 1. The Kier molecular flexibility index (Phi) is 4.43. The van der Waals surface area contributed by atoms with Gasteiger partial charge in [-0.25, -0.2) is 4.98 Å². The molecule has 0 aliphatic carbocycles. The van der Waals surface area contributed by atoms with Crippen molar-refractivity contribution in [1.82, 2.24) is 15.3 Å². The number of carbonyl (C=O) groups is 1. The Bertz CT molecular complexity index is 556. The van der Waals surface area contributed by atoms with Crippen LogP contribution in [0.15, 0.2) is 28.3 Å². The third kappa shape index (κ3) is 3.61. The maximum atomic E-state index is 11.8. The van der Waals surface area contributed by atoms with Crippen LogP contribution in [0.2, 0.25) is 0 Å². The molecular formula is C12H12BrN3OS. The highest BCUT2D eigenvalue weighted by molar-refractivity contribution is 9.10. The molecule has 1 amide bonds. The number of nitrogens with zero attached hydrogens (tertiary/aromatic N) is 2. The second-order valence-corrected chi connectivity index (χ2v) is 5.73. The van der Waals surface area contributed by atoms with E-state index in [1.54, 1.807) is 29.8 Å². The molecule has 4 nitrogen and oxygen atoms in total. The van der Waals surface area contributed by atoms with Gasteiger partial charge in [-0.3, -0.25) is 9.78 Å². The molecule has 0 fully saturated rings. The number of amides is 1. The van der Waals surface area contributed by atoms with E-state index in [0.29, 0.717) is 12.1 Å². The number of halogens is 1. The van der Waals surface area contributed by atoms with Crippen molar-refractivity contribution in [2.24, 2.45) is 0 Å². The highest BCUT2D eigenvalue weighted by Crippen LogP contribution is 2.10. The number of aryl methyl sites for hydroxylation is 1. The normalized spacial score (nSPS) is 10.3. The molecule has 0 aliphatic heterocycles. The van der Waals surface area contributed by atoms with Crippen LogP contribution in [0.3, 0.4) is 0 Å². The number of aromatic nitrogens is 2. The number of carbonyl (C=O) groups excluding carboxylic acids is 1. The fraction of sp³-hybridized carbons (Fsp3) is 0.250. The minimum atomic E-state index is -0.115. The Morgan fingerprint density at radius 2 is 2.33 bits per heavy atom. The van der Waals surface area contributed by atoms with Crippen LogP contribution in [0.4, 0.5) is 0 Å². The second-order valence-electron chi connectivity index (χ2n) is 3.76. The van der Waals surface area contributed by atoms with E-state index < -0.39 is 0 Å². The molecular weight excluding hydrogens is 314 g/mol. The van der Waals surface area contributed by atoms with E-state index in [4.69, 9.17) is 0 Å². The Morgan fingerprint density at radius 3 is 3.00 bits per heavy atom. The van der Waals surface area contributed by atoms with Crippen molar-refractivity contribution in [2.45, 2.75) is 13.3 Å². The largest absolute Gasteiger partial charge is 0.352 e. The summed E-state index contributed by atoms with van der Waals surface area (Å²) in [6, 6.07) is 1.75. The molecule has 0 spiro atoms. The molecule has 2 heterocycles. The number of thiazole rings is 1. The maximum Gasteiger partial charge on any atom is 0.252 e. The lowest BCUT2D eigenvalue weighted by molar-refractivity contribution is 0.0953. The monoisotopic (exact) mass is 325 g/mol. The van der Waals surface area contributed by atoms with E-state index in [1.165, 1.54) is 0 Å². The third-order valence-corrected chi connectivity index (χ3v) is 3.56. The first-order valence-corrected chi connectivity index (χ1v) is 7.12. The van der Waals surface area contributed by atoms with Gasteiger partial charge < -0.3 is 5.32 Å². The number of hydrogen-bond acceptors (Lipinski definition) is 4. The Labute approximate surface area is 118 Å². The van der Waals surface area contributed by atoms with Crippen molar-refractivity contribution in [1.29, 1.82) is 0 Å². The van der Waals surface area contributed by atoms with Gasteiger partial charge in [0, 0.05) is 35.2 Å². The zero-order valence-corrected chi connectivity index (χ0v) is 12.2. The summed E-state index contributed by atoms with van der Waals surface area (Å²) in [7, 11) is 0. The topological polar surface area (TPSA) is 54.9 Å². The zero-order chi connectivity index (χ0) is 13.0. The smallest absolute Gasteiger partial charge is 0.252 e. The lowest BCUT2D eigenvalue weighted by Crippen LogP contribution is -2.25. The molecule has 2 aromatic heterocycles. The molecule has 94 valence electrons. The van der Waals surface area contributed by atoms with Gasteiger partial charge in [0.1, 0.15) is 0 Å². The molecule has 2 rings (SSSR count). The van der Waals surface area contributed by atoms with Crippen LogP contribution < -0.4 is 5.32 Å². The standard InChI is InChI=1S/C12H12BrN3OS/c1-8-16-11(7-18-8)2-3-15-12(17)9-4-10(13)6-14-5-9/h4-7H,2-3H2,1H3,(H,15,17). The molecule has 0 saturated heterocycles. The van der Waals surface area contributed by atoms with Crippen molar-refractivity contribution in [3.63, 3.8) is 0 Å². The van der Waals surface area contributed by atoms with Crippen LogP contribution in [0, 0.1) is 6.92 Å². The predicted octanol–water partition coefficient (Wildman–Crippen LogP) is 2.58. The van der Waals surface area contributed by atoms with Crippen LogP contribution >= 0.6 is 27.3 Å². The van der Waals surface area contributed by atoms with Crippen LogP contribution in [-0.2, 0) is 6.42 Å². The molecule has 6 heteroatoms. The average Bonchev–Trinajstić information content (AvgIpc) is 2.75. The number of pyridine rings is 1. The summed E-state index contributed by atoms with van der Waals surface area (Å²) in [5, 5.41) is 5.91. The van der Waals surface area contributed by atoms with Crippen molar-refractivity contribution < 1.29 is 4.79 Å². The lowest BCUT2D eigenvalue weighted by Gasteiger charge is -2.03. The fourth-order valence-electron chi connectivity index (χ4n) is 1.47. The van der Waals surface area contributed by atoms with E-state index in [0.717, 1.165) is 21.6 Å². The van der Waals surface area contributed by atoms with Gasteiger partial charge in [0.2, 0.25) is 0 Å². The van der Waals surface area contributed by atoms with Gasteiger partial charge in [-0.1, -0.05) is 0 Å². The fourth-order valence-corrected chi connectivity index (χ4v) is 2.48. The van der Waals surface area contributed by atoms with Gasteiger partial charge in [0.25, 0.3) is 5.91 Å². The first-order chi connectivity index (χ1) is 8.65. The molecule has 0 unspecified atom stereocenters. The summed E-state index contributed by atoms with van der Waals surface area (Å²) in [5.74, 6) is -0.115. The summed E-state index contributed by atoms with van der Waals surface area (Å²) >= 11 is 4.91. The summed E-state index contributed by atoms with van der Waals surface area (Å²) in [6.45, 7) is 2.55. The van der Waals surface area contributed by atoms with Gasteiger partial charge in [0.05, 0.1) is 16.3 Å². The van der Waals surface area contributed by atoms with Gasteiger partial charge >= 0.3 is 0 Å². The molecule has 2 aromatic rings. The SMILES string of the molecule is Cc1nc(CCNC(=O)c2cncc(Br)c2)cs1. The molecule has 0 atom stereocenters. The molecule has 18 heavy (non-hydrogen) atoms. The Morgan fingerprint density at radius 1 is 1.50 bits per heavy atom. The maximum absolute atomic E-state index is 11.8. The molecule has 0 aliphatic rings. The minimum absolute atomic E-state index is 0.115. The minimum Gasteiger partial charge on any atom is -0.352 e. The van der Waals surface area contributed by atoms with Crippen molar-refractivity contribution in [2.75, 3.05) is 6.54 Å². The highest BCUT2D eigenvalue weighted by atomic mass is 79.9. The van der Waals surface area contributed by atoms with E-state index in [9.17, 15) is 4.79 Å². The van der Waals surface area contributed by atoms with Gasteiger partial charge in [-0.2, -0.15) is 0 Å². The average molecular weight is 326 g/mol. The van der Waals surface area contributed by atoms with Crippen molar-refractivity contribution >= 4 is 33.2 Å². The van der Waals surface area contributed by atoms with Crippen LogP contribution in [-0.4, -0.2) is 22.4 Å². The number of hydrogen-bond donors (Lipinski definition) is 1. The van der Waals surface area contributed by atoms with E-state index >= 15 is 0 Å². The lowest BCUT2D eigenvalue weighted by atomic mass is 10.2. The van der Waals surface area contributed by atoms with E-state index in [2.05, 4.69) is 31.2 Å². The summed E-state index contributed by atoms with van der Waals surface area (Å²) in [6.07, 6.45) is 3.94. The van der Waals surface area contributed by atoms with Gasteiger partial charge in [-0.05, 0) is 28.9 Å². The summed E-state index contributed by atoms with van der Waals surface area (Å²) in [4.78, 5) is 20.1. The highest BCUT2D eigenvalue weighted by Gasteiger charge is 2.06. The molecule has 0 bridgehead atoms. The van der Waals surface area contributed by atoms with Gasteiger partial charge in [0.15, 0.2) is 0 Å². The molecule has 0 radical (unpaired) electrons. The van der Waals surface area contributed by atoms with Crippen LogP contribution in [0.1, 0.15) is 21.1 Å². The predicted molar refractivity (Wildman–Crippen MR) is 74.8 cm³/mol. The molecule has 1 N–H and O–H groups in total. The first kappa shape index (κ1) is 13.2.